The molecule has 0 amide bonds. The first-order valence-corrected chi connectivity index (χ1v) is 8.49. The van der Waals surface area contributed by atoms with E-state index in [1.165, 1.54) is 0 Å². The van der Waals surface area contributed by atoms with Gasteiger partial charge >= 0.3 is 0 Å². The van der Waals surface area contributed by atoms with E-state index in [0.717, 1.165) is 5.56 Å². The molecule has 1 aromatic rings. The first-order chi connectivity index (χ1) is 9.44. The van der Waals surface area contributed by atoms with Crippen LogP contribution >= 0.6 is 0 Å². The zero-order valence-electron chi connectivity index (χ0n) is 11.1. The molecule has 20 heavy (non-hydrogen) atoms. The van der Waals surface area contributed by atoms with E-state index < -0.39 is 25.9 Å². The summed E-state index contributed by atoms with van der Waals surface area (Å²) >= 11 is 0. The third kappa shape index (κ3) is 2.13. The Labute approximate surface area is 119 Å². The molecular weight excluding hydrogens is 274 g/mol. The number of rotatable bonds is 2. The Morgan fingerprint density at radius 1 is 1.25 bits per heavy atom. The van der Waals surface area contributed by atoms with E-state index in [2.05, 4.69) is 6.07 Å². The van der Waals surface area contributed by atoms with Gasteiger partial charge in [-0.3, -0.25) is 0 Å². The summed E-state index contributed by atoms with van der Waals surface area (Å²) in [4.78, 5) is 0. The molecule has 2 fully saturated rings. The predicted molar refractivity (Wildman–Crippen MR) is 74.8 cm³/mol. The van der Waals surface area contributed by atoms with E-state index in [1.807, 2.05) is 12.1 Å². The number of nitrogens with zero attached hydrogens (tertiary/aromatic N) is 1. The Hall–Kier alpha value is -1.38. The summed E-state index contributed by atoms with van der Waals surface area (Å²) in [5, 5.41) is 19.1. The quantitative estimate of drug-likeness (QED) is 0.897. The highest BCUT2D eigenvalue weighted by atomic mass is 32.2. The van der Waals surface area contributed by atoms with Gasteiger partial charge in [-0.05, 0) is 37.3 Å². The second kappa shape index (κ2) is 4.57. The van der Waals surface area contributed by atoms with Gasteiger partial charge in [-0.25, -0.2) is 8.42 Å². The number of nitriles is 1. The van der Waals surface area contributed by atoms with Crippen LogP contribution in [-0.4, -0.2) is 29.6 Å². The highest BCUT2D eigenvalue weighted by Crippen LogP contribution is 2.44. The summed E-state index contributed by atoms with van der Waals surface area (Å²) in [6.07, 6.45) is 2.28. The first kappa shape index (κ1) is 13.6. The lowest BCUT2D eigenvalue weighted by Crippen LogP contribution is -2.46. The molecule has 0 aromatic heterocycles. The Balaban J connectivity index is 1.87. The zero-order chi connectivity index (χ0) is 14.4. The van der Waals surface area contributed by atoms with E-state index in [0.29, 0.717) is 37.7 Å². The number of sulfone groups is 1. The number of benzene rings is 1. The number of hydrogen-bond acceptors (Lipinski definition) is 4. The van der Waals surface area contributed by atoms with Crippen LogP contribution in [0.25, 0.3) is 0 Å². The van der Waals surface area contributed by atoms with Crippen LogP contribution in [0, 0.1) is 11.3 Å². The molecule has 2 bridgehead atoms. The molecule has 1 N–H and O–H groups in total. The van der Waals surface area contributed by atoms with Gasteiger partial charge < -0.3 is 5.11 Å². The number of hydrogen-bond donors (Lipinski definition) is 1. The van der Waals surface area contributed by atoms with Crippen molar-refractivity contribution in [3.05, 3.63) is 35.4 Å². The van der Waals surface area contributed by atoms with Gasteiger partial charge in [0.05, 0.1) is 27.7 Å². The van der Waals surface area contributed by atoms with Gasteiger partial charge in [0.1, 0.15) is 0 Å². The molecule has 106 valence electrons. The Morgan fingerprint density at radius 2 is 1.85 bits per heavy atom. The highest BCUT2D eigenvalue weighted by molar-refractivity contribution is 7.93. The molecule has 1 aromatic carbocycles. The second-order valence-corrected chi connectivity index (χ2v) is 8.50. The molecule has 0 saturated carbocycles. The average molecular weight is 291 g/mol. The van der Waals surface area contributed by atoms with Gasteiger partial charge in [0, 0.05) is 6.42 Å². The molecule has 2 heterocycles. The van der Waals surface area contributed by atoms with Crippen molar-refractivity contribution in [2.24, 2.45) is 0 Å². The van der Waals surface area contributed by atoms with Crippen LogP contribution in [-0.2, 0) is 16.3 Å². The van der Waals surface area contributed by atoms with Gasteiger partial charge in [-0.2, -0.15) is 5.26 Å². The normalized spacial score (nSPS) is 34.6. The molecule has 2 atom stereocenters. The van der Waals surface area contributed by atoms with Gasteiger partial charge in [-0.15, -0.1) is 0 Å². The van der Waals surface area contributed by atoms with Crippen molar-refractivity contribution in [1.29, 1.82) is 5.26 Å². The molecule has 0 aliphatic carbocycles. The molecule has 2 unspecified atom stereocenters. The van der Waals surface area contributed by atoms with Crippen molar-refractivity contribution in [3.8, 4) is 6.07 Å². The number of fused-ring (bicyclic) bond motifs is 2. The highest BCUT2D eigenvalue weighted by Gasteiger charge is 2.52. The van der Waals surface area contributed by atoms with Gasteiger partial charge in [-0.1, -0.05) is 18.2 Å². The fourth-order valence-corrected chi connectivity index (χ4v) is 6.18. The average Bonchev–Trinajstić information content (AvgIpc) is 2.59. The van der Waals surface area contributed by atoms with E-state index in [9.17, 15) is 13.5 Å². The fraction of sp³-hybridized carbons (Fsp3) is 0.533. The largest absolute Gasteiger partial charge is 0.389 e. The molecule has 2 saturated heterocycles. The van der Waals surface area contributed by atoms with Crippen LogP contribution in [0.2, 0.25) is 0 Å². The minimum atomic E-state index is -3.03. The minimum Gasteiger partial charge on any atom is -0.389 e. The molecule has 2 aliphatic rings. The van der Waals surface area contributed by atoms with Crippen molar-refractivity contribution in [2.45, 2.75) is 48.2 Å². The lowest BCUT2D eigenvalue weighted by molar-refractivity contribution is 0.0219. The van der Waals surface area contributed by atoms with Gasteiger partial charge in [0.2, 0.25) is 0 Å². The molecular formula is C15H17NO3S. The van der Waals surface area contributed by atoms with E-state index in [4.69, 9.17) is 5.26 Å². The first-order valence-electron chi connectivity index (χ1n) is 6.88. The molecule has 2 aliphatic heterocycles. The Bertz CT molecular complexity index is 655. The van der Waals surface area contributed by atoms with Crippen LogP contribution in [0.4, 0.5) is 0 Å². The topological polar surface area (TPSA) is 78.2 Å². The van der Waals surface area contributed by atoms with E-state index in [1.54, 1.807) is 12.1 Å². The monoisotopic (exact) mass is 291 g/mol. The Morgan fingerprint density at radius 3 is 2.45 bits per heavy atom. The minimum absolute atomic E-state index is 0.297. The van der Waals surface area contributed by atoms with E-state index in [-0.39, 0.29) is 0 Å². The third-order valence-electron chi connectivity index (χ3n) is 4.61. The summed E-state index contributed by atoms with van der Waals surface area (Å²) in [7, 11) is -3.03. The third-order valence-corrected chi connectivity index (χ3v) is 7.28. The summed E-state index contributed by atoms with van der Waals surface area (Å²) < 4.78 is 24.1. The zero-order valence-corrected chi connectivity index (χ0v) is 11.9. The summed E-state index contributed by atoms with van der Waals surface area (Å²) in [6, 6.07) is 9.32. The van der Waals surface area contributed by atoms with Crippen LogP contribution in [0.5, 0.6) is 0 Å². The molecule has 0 spiro atoms. The van der Waals surface area contributed by atoms with Crippen LogP contribution in [0.15, 0.2) is 24.3 Å². The lowest BCUT2D eigenvalue weighted by Gasteiger charge is -2.36. The lowest BCUT2D eigenvalue weighted by atomic mass is 9.85. The molecule has 3 rings (SSSR count). The maximum atomic E-state index is 12.1. The predicted octanol–water partition coefficient (Wildman–Crippen LogP) is 1.57. The van der Waals surface area contributed by atoms with Crippen LogP contribution in [0.3, 0.4) is 0 Å². The second-order valence-electron chi connectivity index (χ2n) is 5.99. The van der Waals surface area contributed by atoms with Crippen molar-refractivity contribution in [3.63, 3.8) is 0 Å². The summed E-state index contributed by atoms with van der Waals surface area (Å²) in [5.41, 5.74) is 0.363. The van der Waals surface area contributed by atoms with Crippen molar-refractivity contribution in [1.82, 2.24) is 0 Å². The molecule has 5 heteroatoms. The van der Waals surface area contributed by atoms with Crippen LogP contribution < -0.4 is 0 Å². The maximum Gasteiger partial charge on any atom is 0.156 e. The van der Waals surface area contributed by atoms with E-state index >= 15 is 0 Å². The Kier molecular flexibility index (Phi) is 3.11. The summed E-state index contributed by atoms with van der Waals surface area (Å²) in [6.45, 7) is 0. The smallest absolute Gasteiger partial charge is 0.156 e. The molecule has 0 radical (unpaired) electrons. The van der Waals surface area contributed by atoms with Gasteiger partial charge in [0.25, 0.3) is 0 Å². The SMILES string of the molecule is N#Cc1ccccc1CC1(O)CC2CCC(C1)S2(=O)=O. The van der Waals surface area contributed by atoms with Crippen molar-refractivity contribution < 1.29 is 13.5 Å². The van der Waals surface area contributed by atoms with Crippen molar-refractivity contribution >= 4 is 9.84 Å². The standard InChI is InChI=1S/C15H17NO3S/c16-10-12-4-2-1-3-11(12)7-15(17)8-13-5-6-14(9-15)20(13,18)19/h1-4,13-14,17H,5-9H2. The number of aliphatic hydroxyl groups is 1. The van der Waals surface area contributed by atoms with Gasteiger partial charge in [0.15, 0.2) is 9.84 Å². The summed E-state index contributed by atoms with van der Waals surface area (Å²) in [5.74, 6) is 0. The van der Waals surface area contributed by atoms with Crippen molar-refractivity contribution in [2.75, 3.05) is 0 Å². The van der Waals surface area contributed by atoms with Crippen LogP contribution in [0.1, 0.15) is 36.8 Å². The maximum absolute atomic E-state index is 12.1. The fourth-order valence-electron chi connectivity index (χ4n) is 3.62. The molecule has 4 nitrogen and oxygen atoms in total.